The molecule has 0 fully saturated rings. The van der Waals surface area contributed by atoms with Crippen LogP contribution >= 0.6 is 11.8 Å². The highest BCUT2D eigenvalue weighted by Crippen LogP contribution is 2.27. The van der Waals surface area contributed by atoms with Crippen molar-refractivity contribution in [3.05, 3.63) is 70.3 Å². The molecule has 6 heteroatoms. The van der Waals surface area contributed by atoms with Crippen molar-refractivity contribution in [1.82, 2.24) is 9.97 Å². The quantitative estimate of drug-likeness (QED) is 0.455. The molecule has 0 aliphatic rings. The lowest BCUT2D eigenvalue weighted by Crippen LogP contribution is -2.07. The van der Waals surface area contributed by atoms with E-state index >= 15 is 0 Å². The molecule has 0 atom stereocenters. The van der Waals surface area contributed by atoms with E-state index in [2.05, 4.69) is 9.97 Å². The smallest absolute Gasteiger partial charge is 0.295 e. The molecule has 0 saturated carbocycles. The minimum absolute atomic E-state index is 0.234. The molecule has 1 N–H and O–H groups in total. The van der Waals surface area contributed by atoms with Crippen molar-refractivity contribution in [2.45, 2.75) is 10.9 Å². The maximum absolute atomic E-state index is 12.9. The molecule has 0 radical (unpaired) electrons. The Bertz CT molecular complexity index is 1050. The number of hydrogen-bond acceptors (Lipinski definition) is 4. The first-order valence-corrected chi connectivity index (χ1v) is 7.98. The highest BCUT2D eigenvalue weighted by molar-refractivity contribution is 7.98. The molecular formula is C17H11FN2O2S. The minimum Gasteiger partial charge on any atom is -0.449 e. The Morgan fingerprint density at radius 1 is 1.13 bits per heavy atom. The van der Waals surface area contributed by atoms with Gasteiger partial charge in [-0.1, -0.05) is 36.0 Å². The van der Waals surface area contributed by atoms with E-state index in [0.29, 0.717) is 22.0 Å². The number of rotatable bonds is 3. The summed E-state index contributed by atoms with van der Waals surface area (Å²) >= 11 is 1.39. The first-order valence-electron chi connectivity index (χ1n) is 6.99. The Balaban J connectivity index is 1.71. The van der Waals surface area contributed by atoms with Gasteiger partial charge in [0.05, 0.1) is 0 Å². The van der Waals surface area contributed by atoms with E-state index in [1.165, 1.54) is 23.9 Å². The van der Waals surface area contributed by atoms with E-state index < -0.39 is 0 Å². The molecule has 0 aliphatic heterocycles. The summed E-state index contributed by atoms with van der Waals surface area (Å²) in [5.41, 5.74) is 2.09. The highest BCUT2D eigenvalue weighted by Gasteiger charge is 2.13. The van der Waals surface area contributed by atoms with Gasteiger partial charge in [0.25, 0.3) is 5.56 Å². The molecule has 0 saturated heterocycles. The van der Waals surface area contributed by atoms with Gasteiger partial charge in [-0.2, -0.15) is 0 Å². The van der Waals surface area contributed by atoms with Gasteiger partial charge in [0.2, 0.25) is 5.58 Å². The summed E-state index contributed by atoms with van der Waals surface area (Å²) in [7, 11) is 0. The highest BCUT2D eigenvalue weighted by atomic mass is 32.2. The van der Waals surface area contributed by atoms with Gasteiger partial charge in [0, 0.05) is 11.1 Å². The fourth-order valence-corrected chi connectivity index (χ4v) is 3.20. The number of hydrogen-bond donors (Lipinski definition) is 1. The summed E-state index contributed by atoms with van der Waals surface area (Å²) in [5.74, 6) is 0.321. The second-order valence-corrected chi connectivity index (χ2v) is 6.03. The topological polar surface area (TPSA) is 58.9 Å². The van der Waals surface area contributed by atoms with E-state index in [4.69, 9.17) is 4.42 Å². The lowest BCUT2D eigenvalue weighted by atomic mass is 10.2. The Labute approximate surface area is 134 Å². The molecule has 4 rings (SSSR count). The van der Waals surface area contributed by atoms with Gasteiger partial charge in [0.1, 0.15) is 16.9 Å². The van der Waals surface area contributed by atoms with Crippen LogP contribution in [-0.2, 0) is 5.75 Å². The van der Waals surface area contributed by atoms with Gasteiger partial charge >= 0.3 is 0 Å². The molecule has 0 aliphatic carbocycles. The fourth-order valence-electron chi connectivity index (χ4n) is 2.38. The van der Waals surface area contributed by atoms with Crippen LogP contribution in [0, 0.1) is 5.82 Å². The van der Waals surface area contributed by atoms with Gasteiger partial charge in [0.15, 0.2) is 5.16 Å². The van der Waals surface area contributed by atoms with Crippen LogP contribution in [0.25, 0.3) is 22.1 Å². The SMILES string of the molecule is O=c1[nH]c(SCc2ccc(F)cc2)nc2c1oc1ccccc12. The number of halogens is 1. The zero-order chi connectivity index (χ0) is 15.8. The van der Waals surface area contributed by atoms with Gasteiger partial charge in [-0.3, -0.25) is 9.78 Å². The molecule has 0 spiro atoms. The number of aromatic nitrogens is 2. The summed E-state index contributed by atoms with van der Waals surface area (Å²) in [4.78, 5) is 19.4. The molecule has 2 aromatic carbocycles. The van der Waals surface area contributed by atoms with Crippen molar-refractivity contribution < 1.29 is 8.81 Å². The second kappa shape index (κ2) is 5.55. The van der Waals surface area contributed by atoms with Crippen LogP contribution in [0.4, 0.5) is 4.39 Å². The van der Waals surface area contributed by atoms with E-state index in [0.717, 1.165) is 10.9 Å². The van der Waals surface area contributed by atoms with Crippen LogP contribution in [0.3, 0.4) is 0 Å². The minimum atomic E-state index is -0.298. The predicted octanol–water partition coefficient (Wildman–Crippen LogP) is 4.10. The normalized spacial score (nSPS) is 11.3. The Morgan fingerprint density at radius 3 is 2.74 bits per heavy atom. The Morgan fingerprint density at radius 2 is 1.91 bits per heavy atom. The lowest BCUT2D eigenvalue weighted by Gasteiger charge is -2.01. The van der Waals surface area contributed by atoms with Crippen molar-refractivity contribution in [2.75, 3.05) is 0 Å². The summed E-state index contributed by atoms with van der Waals surface area (Å²) < 4.78 is 18.5. The van der Waals surface area contributed by atoms with Crippen molar-refractivity contribution in [1.29, 1.82) is 0 Å². The molecule has 23 heavy (non-hydrogen) atoms. The Kier molecular flexibility index (Phi) is 3.38. The lowest BCUT2D eigenvalue weighted by molar-refractivity contribution is 0.627. The molecule has 0 unspecified atom stereocenters. The average Bonchev–Trinajstić information content (AvgIpc) is 2.94. The third-order valence-electron chi connectivity index (χ3n) is 3.50. The molecule has 0 amide bonds. The number of benzene rings is 2. The summed E-state index contributed by atoms with van der Waals surface area (Å²) in [6.07, 6.45) is 0. The molecular weight excluding hydrogens is 315 g/mol. The third-order valence-corrected chi connectivity index (χ3v) is 4.44. The summed E-state index contributed by atoms with van der Waals surface area (Å²) in [6, 6.07) is 13.7. The maximum atomic E-state index is 12.9. The second-order valence-electron chi connectivity index (χ2n) is 5.06. The standard InChI is InChI=1S/C17H11FN2O2S/c18-11-7-5-10(6-8-11)9-23-17-19-14-12-3-1-2-4-13(12)22-15(14)16(21)20-17/h1-8H,9H2,(H,19,20,21). The predicted molar refractivity (Wildman–Crippen MR) is 88.1 cm³/mol. The van der Waals surface area contributed by atoms with Crippen molar-refractivity contribution in [3.8, 4) is 0 Å². The van der Waals surface area contributed by atoms with Crippen molar-refractivity contribution in [3.63, 3.8) is 0 Å². The maximum Gasteiger partial charge on any atom is 0.295 e. The van der Waals surface area contributed by atoms with Gasteiger partial charge in [-0.25, -0.2) is 9.37 Å². The third kappa shape index (κ3) is 2.61. The number of para-hydroxylation sites is 1. The van der Waals surface area contributed by atoms with Crippen molar-refractivity contribution in [2.24, 2.45) is 0 Å². The van der Waals surface area contributed by atoms with Crippen LogP contribution in [0.2, 0.25) is 0 Å². The van der Waals surface area contributed by atoms with Gasteiger partial charge < -0.3 is 4.42 Å². The number of nitrogens with one attached hydrogen (secondary N) is 1. The van der Waals surface area contributed by atoms with Crippen LogP contribution in [0.1, 0.15) is 5.56 Å². The zero-order valence-corrected chi connectivity index (χ0v) is 12.7. The molecule has 114 valence electrons. The molecule has 4 aromatic rings. The van der Waals surface area contributed by atoms with Crippen LogP contribution < -0.4 is 5.56 Å². The molecule has 4 nitrogen and oxygen atoms in total. The number of furan rings is 1. The zero-order valence-electron chi connectivity index (χ0n) is 11.9. The number of nitrogens with zero attached hydrogens (tertiary/aromatic N) is 1. The van der Waals surface area contributed by atoms with Crippen LogP contribution in [-0.4, -0.2) is 9.97 Å². The molecule has 0 bridgehead atoms. The fraction of sp³-hybridized carbons (Fsp3) is 0.0588. The van der Waals surface area contributed by atoms with E-state index in [9.17, 15) is 9.18 Å². The number of H-pyrrole nitrogens is 1. The molecule has 2 heterocycles. The van der Waals surface area contributed by atoms with E-state index in [-0.39, 0.29) is 17.0 Å². The monoisotopic (exact) mass is 326 g/mol. The summed E-state index contributed by atoms with van der Waals surface area (Å²) in [5, 5.41) is 1.33. The van der Waals surface area contributed by atoms with E-state index in [1.54, 1.807) is 12.1 Å². The molecule has 2 aromatic heterocycles. The van der Waals surface area contributed by atoms with Crippen LogP contribution in [0.5, 0.6) is 0 Å². The van der Waals surface area contributed by atoms with E-state index in [1.807, 2.05) is 24.3 Å². The Hall–Kier alpha value is -2.60. The number of aromatic amines is 1. The van der Waals surface area contributed by atoms with Crippen LogP contribution in [0.15, 0.2) is 62.9 Å². The first kappa shape index (κ1) is 14.0. The number of fused-ring (bicyclic) bond motifs is 3. The number of thioether (sulfide) groups is 1. The summed E-state index contributed by atoms with van der Waals surface area (Å²) in [6.45, 7) is 0. The van der Waals surface area contributed by atoms with Gasteiger partial charge in [-0.05, 0) is 29.8 Å². The van der Waals surface area contributed by atoms with Crippen molar-refractivity contribution >= 4 is 33.8 Å². The van der Waals surface area contributed by atoms with Gasteiger partial charge in [-0.15, -0.1) is 0 Å². The first-order chi connectivity index (χ1) is 11.2. The largest absolute Gasteiger partial charge is 0.449 e. The average molecular weight is 326 g/mol.